The summed E-state index contributed by atoms with van der Waals surface area (Å²) >= 11 is 0. The summed E-state index contributed by atoms with van der Waals surface area (Å²) in [6, 6.07) is 11.3. The van der Waals surface area contributed by atoms with E-state index in [0.29, 0.717) is 22.5 Å². The third kappa shape index (κ3) is 5.61. The van der Waals surface area contributed by atoms with Crippen molar-refractivity contribution in [2.75, 3.05) is 12.0 Å². The van der Waals surface area contributed by atoms with Gasteiger partial charge >= 0.3 is 5.69 Å². The molecule has 11 heteroatoms. The lowest BCUT2D eigenvalue weighted by Crippen LogP contribution is -2.23. The second kappa shape index (κ2) is 10.2. The first-order chi connectivity index (χ1) is 15.3. The first-order valence-corrected chi connectivity index (χ1v) is 11.4. The van der Waals surface area contributed by atoms with Gasteiger partial charge in [0, 0.05) is 29.7 Å². The van der Waals surface area contributed by atoms with E-state index in [9.17, 15) is 13.4 Å². The molecule has 9 nitrogen and oxygen atoms in total. The number of rotatable bonds is 7. The molecule has 0 bridgehead atoms. The van der Waals surface area contributed by atoms with Crippen molar-refractivity contribution in [1.82, 2.24) is 19.8 Å². The van der Waals surface area contributed by atoms with Gasteiger partial charge in [-0.25, -0.2) is 9.18 Å². The van der Waals surface area contributed by atoms with Gasteiger partial charge in [0.1, 0.15) is 18.2 Å². The Bertz CT molecular complexity index is 1250. The summed E-state index contributed by atoms with van der Waals surface area (Å²) in [6.07, 6.45) is 1.54. The summed E-state index contributed by atoms with van der Waals surface area (Å²) in [6.45, 7) is 3.68. The molecule has 1 atom stereocenters. The van der Waals surface area contributed by atoms with Gasteiger partial charge in [-0.3, -0.25) is 4.21 Å². The predicted molar refractivity (Wildman–Crippen MR) is 121 cm³/mol. The standard InChI is InChI=1S/C21H23FN6O3S/c1-14-6-5-7-19(28-21(29)27(3)25-26-28)18(14)12-31-20(13-32(4)30)24-23-15(2)16-8-10-17(22)11-9-16/h5-11H,12-13H2,1-4H3/b23-15+,24-20+. The van der Waals surface area contributed by atoms with Crippen molar-refractivity contribution in [2.24, 2.45) is 17.3 Å². The fraction of sp³-hybridized carbons (Fsp3) is 0.286. The maximum Gasteiger partial charge on any atom is 0.368 e. The summed E-state index contributed by atoms with van der Waals surface area (Å²) < 4.78 is 33.1. The van der Waals surface area contributed by atoms with Crippen LogP contribution in [0.5, 0.6) is 0 Å². The summed E-state index contributed by atoms with van der Waals surface area (Å²) in [5, 5.41) is 15.9. The SMILES string of the molecule is C/C(=N\N=C(/CS(C)=O)OCc1c(C)cccc1-n1nnn(C)c1=O)c1ccc(F)cc1. The molecule has 1 heterocycles. The largest absolute Gasteiger partial charge is 0.474 e. The minimum absolute atomic E-state index is 0.0617. The number of benzene rings is 2. The average molecular weight is 459 g/mol. The molecule has 168 valence electrons. The van der Waals surface area contributed by atoms with Gasteiger partial charge in [-0.2, -0.15) is 14.5 Å². The van der Waals surface area contributed by atoms with Crippen molar-refractivity contribution in [3.8, 4) is 5.69 Å². The maximum absolute atomic E-state index is 13.1. The van der Waals surface area contributed by atoms with E-state index in [1.54, 1.807) is 25.1 Å². The molecule has 0 N–H and O–H groups in total. The Kier molecular flexibility index (Phi) is 7.41. The first-order valence-electron chi connectivity index (χ1n) is 9.64. The number of halogens is 1. The van der Waals surface area contributed by atoms with Crippen LogP contribution in [0.3, 0.4) is 0 Å². The quantitative estimate of drug-likeness (QED) is 0.307. The van der Waals surface area contributed by atoms with E-state index in [-0.39, 0.29) is 29.8 Å². The molecule has 3 aromatic rings. The van der Waals surface area contributed by atoms with Crippen LogP contribution < -0.4 is 5.69 Å². The minimum Gasteiger partial charge on any atom is -0.474 e. The number of aromatic nitrogens is 4. The lowest BCUT2D eigenvalue weighted by Gasteiger charge is -2.13. The molecular formula is C21H23FN6O3S. The van der Waals surface area contributed by atoms with Crippen LogP contribution in [-0.2, 0) is 29.2 Å². The summed E-state index contributed by atoms with van der Waals surface area (Å²) in [5.74, 6) is -0.105. The third-order valence-corrected chi connectivity index (χ3v) is 5.27. The van der Waals surface area contributed by atoms with Gasteiger partial charge in [0.2, 0.25) is 5.90 Å². The summed E-state index contributed by atoms with van der Waals surface area (Å²) in [7, 11) is 0.296. The topological polar surface area (TPSA) is 104 Å². The van der Waals surface area contributed by atoms with Gasteiger partial charge in [0.05, 0.1) is 11.4 Å². The molecule has 0 aliphatic heterocycles. The van der Waals surface area contributed by atoms with Crippen LogP contribution in [0.2, 0.25) is 0 Å². The number of hydrogen-bond donors (Lipinski definition) is 0. The number of tetrazole rings is 1. The van der Waals surface area contributed by atoms with Crippen molar-refractivity contribution in [3.05, 3.63) is 75.5 Å². The van der Waals surface area contributed by atoms with Crippen LogP contribution in [0.15, 0.2) is 57.5 Å². The lowest BCUT2D eigenvalue weighted by atomic mass is 10.1. The molecule has 0 amide bonds. The van der Waals surface area contributed by atoms with E-state index >= 15 is 0 Å². The number of aryl methyl sites for hydroxylation is 2. The molecule has 0 spiro atoms. The monoisotopic (exact) mass is 458 g/mol. The van der Waals surface area contributed by atoms with Gasteiger partial charge in [-0.1, -0.05) is 24.3 Å². The normalized spacial score (nSPS) is 13.3. The minimum atomic E-state index is -1.22. The summed E-state index contributed by atoms with van der Waals surface area (Å²) in [5.41, 5.74) is 2.99. The van der Waals surface area contributed by atoms with Crippen molar-refractivity contribution in [3.63, 3.8) is 0 Å². The molecule has 1 aromatic heterocycles. The van der Waals surface area contributed by atoms with E-state index in [4.69, 9.17) is 4.74 Å². The Labute approximate surface area is 186 Å². The fourth-order valence-electron chi connectivity index (χ4n) is 2.85. The zero-order valence-electron chi connectivity index (χ0n) is 18.1. The molecule has 0 saturated carbocycles. The Morgan fingerprint density at radius 1 is 1.16 bits per heavy atom. The molecule has 0 fully saturated rings. The molecule has 32 heavy (non-hydrogen) atoms. The number of nitrogens with zero attached hydrogens (tertiary/aromatic N) is 6. The Hall–Kier alpha value is -3.47. The molecule has 1 unspecified atom stereocenters. The molecule has 3 rings (SSSR count). The predicted octanol–water partition coefficient (Wildman–Crippen LogP) is 2.13. The molecule has 0 aliphatic rings. The Morgan fingerprint density at radius 3 is 2.50 bits per heavy atom. The summed E-state index contributed by atoms with van der Waals surface area (Å²) in [4.78, 5) is 12.3. The Balaban J connectivity index is 1.88. The molecule has 0 aliphatic carbocycles. The highest BCUT2D eigenvalue weighted by Crippen LogP contribution is 2.18. The number of hydrogen-bond acceptors (Lipinski definition) is 7. The average Bonchev–Trinajstić information content (AvgIpc) is 3.09. The molecule has 0 saturated heterocycles. The van der Waals surface area contributed by atoms with Gasteiger partial charge in [0.15, 0.2) is 0 Å². The van der Waals surface area contributed by atoms with Crippen LogP contribution in [0.25, 0.3) is 5.69 Å². The van der Waals surface area contributed by atoms with E-state index in [0.717, 1.165) is 10.2 Å². The van der Waals surface area contributed by atoms with Crippen LogP contribution in [0.1, 0.15) is 23.6 Å². The lowest BCUT2D eigenvalue weighted by molar-refractivity contribution is 0.288. The van der Waals surface area contributed by atoms with E-state index in [1.165, 1.54) is 30.1 Å². The van der Waals surface area contributed by atoms with Gasteiger partial charge in [-0.15, -0.1) is 5.10 Å². The van der Waals surface area contributed by atoms with Crippen molar-refractivity contribution >= 4 is 22.4 Å². The van der Waals surface area contributed by atoms with Crippen LogP contribution >= 0.6 is 0 Å². The van der Waals surface area contributed by atoms with E-state index < -0.39 is 10.8 Å². The van der Waals surface area contributed by atoms with E-state index in [1.807, 2.05) is 19.1 Å². The smallest absolute Gasteiger partial charge is 0.368 e. The van der Waals surface area contributed by atoms with Crippen molar-refractivity contribution < 1.29 is 13.3 Å². The molecule has 2 aromatic carbocycles. The highest BCUT2D eigenvalue weighted by molar-refractivity contribution is 7.85. The van der Waals surface area contributed by atoms with E-state index in [2.05, 4.69) is 20.6 Å². The highest BCUT2D eigenvalue weighted by atomic mass is 32.2. The van der Waals surface area contributed by atoms with Crippen LogP contribution in [0, 0.1) is 12.7 Å². The second-order valence-electron chi connectivity index (χ2n) is 7.06. The highest BCUT2D eigenvalue weighted by Gasteiger charge is 2.15. The van der Waals surface area contributed by atoms with Gasteiger partial charge < -0.3 is 4.74 Å². The van der Waals surface area contributed by atoms with Gasteiger partial charge in [0.25, 0.3) is 0 Å². The first kappa shape index (κ1) is 23.2. The molecular weight excluding hydrogens is 435 g/mol. The van der Waals surface area contributed by atoms with Crippen molar-refractivity contribution in [2.45, 2.75) is 20.5 Å². The van der Waals surface area contributed by atoms with Crippen LogP contribution in [-0.4, -0.2) is 47.6 Å². The third-order valence-electron chi connectivity index (χ3n) is 4.62. The zero-order chi connectivity index (χ0) is 23.3. The molecule has 0 radical (unpaired) electrons. The fourth-order valence-corrected chi connectivity index (χ4v) is 3.34. The number of ether oxygens (including phenoxy) is 1. The van der Waals surface area contributed by atoms with Crippen LogP contribution in [0.4, 0.5) is 4.39 Å². The zero-order valence-corrected chi connectivity index (χ0v) is 19.0. The van der Waals surface area contributed by atoms with Gasteiger partial charge in [-0.05, 0) is 53.6 Å². The Morgan fingerprint density at radius 2 is 1.88 bits per heavy atom. The van der Waals surface area contributed by atoms with Crippen molar-refractivity contribution in [1.29, 1.82) is 0 Å². The second-order valence-corrected chi connectivity index (χ2v) is 8.50. The maximum atomic E-state index is 13.1.